The Morgan fingerprint density at radius 1 is 1.08 bits per heavy atom. The molecule has 0 saturated heterocycles. The van der Waals surface area contributed by atoms with Crippen LogP contribution in [0.1, 0.15) is 58.1 Å². The van der Waals surface area contributed by atoms with Crippen molar-refractivity contribution < 1.29 is 9.13 Å². The molecule has 1 aliphatic rings. The standard InChI is InChI=1S/C22H29FN2O/c1-3-14-26-19-11-12-20(21(23)15-19)22-13-10-18(24-25-22)9-8-17-6-4-16(2)5-7-17/h10-13,15-17H,3-9,14H2,1-2H3. The van der Waals surface area contributed by atoms with Gasteiger partial charge in [-0.25, -0.2) is 4.39 Å². The molecule has 1 fully saturated rings. The summed E-state index contributed by atoms with van der Waals surface area (Å²) in [5.74, 6) is 1.94. The van der Waals surface area contributed by atoms with E-state index in [-0.39, 0.29) is 5.82 Å². The predicted molar refractivity (Wildman–Crippen MR) is 103 cm³/mol. The highest BCUT2D eigenvalue weighted by Gasteiger charge is 2.18. The molecule has 0 atom stereocenters. The van der Waals surface area contributed by atoms with Crippen molar-refractivity contribution in [2.24, 2.45) is 11.8 Å². The Balaban J connectivity index is 1.58. The smallest absolute Gasteiger partial charge is 0.136 e. The number of hydrogen-bond donors (Lipinski definition) is 0. The molecule has 0 N–H and O–H groups in total. The molecule has 1 aromatic carbocycles. The monoisotopic (exact) mass is 356 g/mol. The summed E-state index contributed by atoms with van der Waals surface area (Å²) in [6.45, 7) is 4.96. The molecule has 1 heterocycles. The zero-order chi connectivity index (χ0) is 18.4. The van der Waals surface area contributed by atoms with E-state index in [0.717, 1.165) is 30.4 Å². The Morgan fingerprint density at radius 3 is 2.54 bits per heavy atom. The minimum absolute atomic E-state index is 0.322. The van der Waals surface area contributed by atoms with Crippen molar-refractivity contribution in [2.45, 2.75) is 58.8 Å². The number of aryl methyl sites for hydroxylation is 1. The first-order chi connectivity index (χ1) is 12.7. The Hall–Kier alpha value is -1.97. The molecular formula is C22H29FN2O. The van der Waals surface area contributed by atoms with Crippen LogP contribution >= 0.6 is 0 Å². The molecule has 140 valence electrons. The van der Waals surface area contributed by atoms with Crippen LogP contribution in [0.15, 0.2) is 30.3 Å². The van der Waals surface area contributed by atoms with E-state index in [9.17, 15) is 4.39 Å². The first-order valence-corrected chi connectivity index (χ1v) is 9.91. The molecule has 0 amide bonds. The highest BCUT2D eigenvalue weighted by atomic mass is 19.1. The van der Waals surface area contributed by atoms with Crippen molar-refractivity contribution in [1.82, 2.24) is 10.2 Å². The molecule has 3 rings (SSSR count). The fourth-order valence-corrected chi connectivity index (χ4v) is 3.62. The van der Waals surface area contributed by atoms with Gasteiger partial charge in [0.05, 0.1) is 18.0 Å². The molecule has 26 heavy (non-hydrogen) atoms. The van der Waals surface area contributed by atoms with Crippen LogP contribution in [0, 0.1) is 17.7 Å². The van der Waals surface area contributed by atoms with Crippen LogP contribution in [-0.2, 0) is 6.42 Å². The first kappa shape index (κ1) is 18.8. The van der Waals surface area contributed by atoms with Gasteiger partial charge in [-0.15, -0.1) is 0 Å². The third kappa shape index (κ3) is 5.03. The van der Waals surface area contributed by atoms with Crippen molar-refractivity contribution in [3.05, 3.63) is 41.8 Å². The highest BCUT2D eigenvalue weighted by molar-refractivity contribution is 5.60. The van der Waals surface area contributed by atoms with Gasteiger partial charge in [-0.2, -0.15) is 10.2 Å². The van der Waals surface area contributed by atoms with Gasteiger partial charge in [-0.05, 0) is 55.4 Å². The molecule has 2 aromatic rings. The van der Waals surface area contributed by atoms with Crippen molar-refractivity contribution >= 4 is 0 Å². The zero-order valence-electron chi connectivity index (χ0n) is 15.9. The molecular weight excluding hydrogens is 327 g/mol. The van der Waals surface area contributed by atoms with Gasteiger partial charge in [-0.3, -0.25) is 0 Å². The molecule has 0 radical (unpaired) electrons. The van der Waals surface area contributed by atoms with E-state index in [0.29, 0.717) is 23.6 Å². The van der Waals surface area contributed by atoms with Crippen LogP contribution in [0.3, 0.4) is 0 Å². The number of halogens is 1. The first-order valence-electron chi connectivity index (χ1n) is 9.91. The van der Waals surface area contributed by atoms with E-state index in [1.807, 2.05) is 19.1 Å². The van der Waals surface area contributed by atoms with Crippen molar-refractivity contribution in [3.8, 4) is 17.0 Å². The lowest BCUT2D eigenvalue weighted by Gasteiger charge is -2.25. The highest BCUT2D eigenvalue weighted by Crippen LogP contribution is 2.31. The fourth-order valence-electron chi connectivity index (χ4n) is 3.62. The second kappa shape index (κ2) is 9.11. The topological polar surface area (TPSA) is 35.0 Å². The average molecular weight is 356 g/mol. The molecule has 3 nitrogen and oxygen atoms in total. The van der Waals surface area contributed by atoms with Gasteiger partial charge in [0, 0.05) is 11.6 Å². The summed E-state index contributed by atoms with van der Waals surface area (Å²) < 4.78 is 19.8. The van der Waals surface area contributed by atoms with Crippen LogP contribution in [0.25, 0.3) is 11.3 Å². The van der Waals surface area contributed by atoms with Gasteiger partial charge in [0.2, 0.25) is 0 Å². The Bertz CT molecular complexity index is 694. The number of aromatic nitrogens is 2. The molecule has 0 spiro atoms. The average Bonchev–Trinajstić information content (AvgIpc) is 2.66. The Morgan fingerprint density at radius 2 is 1.88 bits per heavy atom. The lowest BCUT2D eigenvalue weighted by Crippen LogP contribution is -2.13. The van der Waals surface area contributed by atoms with Gasteiger partial charge >= 0.3 is 0 Å². The van der Waals surface area contributed by atoms with Crippen LogP contribution in [0.5, 0.6) is 5.75 Å². The van der Waals surface area contributed by atoms with Gasteiger partial charge in [0.1, 0.15) is 11.6 Å². The second-order valence-electron chi connectivity index (χ2n) is 7.56. The van der Waals surface area contributed by atoms with Gasteiger partial charge in [-0.1, -0.05) is 39.5 Å². The maximum Gasteiger partial charge on any atom is 0.136 e. The molecule has 1 aromatic heterocycles. The van der Waals surface area contributed by atoms with Gasteiger partial charge < -0.3 is 4.74 Å². The van der Waals surface area contributed by atoms with Crippen molar-refractivity contribution in [1.29, 1.82) is 0 Å². The predicted octanol–water partition coefficient (Wildman–Crippen LogP) is 5.83. The molecule has 0 bridgehead atoms. The van der Waals surface area contributed by atoms with Crippen LogP contribution in [0.4, 0.5) is 4.39 Å². The Kier molecular flexibility index (Phi) is 6.59. The SMILES string of the molecule is CCCOc1ccc(-c2ccc(CCC3CCC(C)CC3)nn2)c(F)c1. The van der Waals surface area contributed by atoms with E-state index in [1.54, 1.807) is 12.1 Å². The van der Waals surface area contributed by atoms with Crippen molar-refractivity contribution in [2.75, 3.05) is 6.61 Å². The molecule has 1 aliphatic carbocycles. The van der Waals surface area contributed by atoms with E-state index >= 15 is 0 Å². The molecule has 4 heteroatoms. The third-order valence-corrected chi connectivity index (χ3v) is 5.35. The second-order valence-corrected chi connectivity index (χ2v) is 7.56. The number of ether oxygens (including phenoxy) is 1. The maximum absolute atomic E-state index is 14.3. The summed E-state index contributed by atoms with van der Waals surface area (Å²) in [6, 6.07) is 8.77. The number of hydrogen-bond acceptors (Lipinski definition) is 3. The summed E-state index contributed by atoms with van der Waals surface area (Å²) in [4.78, 5) is 0. The lowest BCUT2D eigenvalue weighted by atomic mass is 9.81. The molecule has 0 aliphatic heterocycles. The van der Waals surface area contributed by atoms with Crippen LogP contribution < -0.4 is 4.74 Å². The third-order valence-electron chi connectivity index (χ3n) is 5.35. The van der Waals surface area contributed by atoms with E-state index in [2.05, 4.69) is 17.1 Å². The van der Waals surface area contributed by atoms with Gasteiger partial charge in [0.15, 0.2) is 0 Å². The summed E-state index contributed by atoms with van der Waals surface area (Å²) in [5, 5.41) is 8.57. The fraction of sp³-hybridized carbons (Fsp3) is 0.545. The summed E-state index contributed by atoms with van der Waals surface area (Å²) in [5.41, 5.74) is 2.03. The lowest BCUT2D eigenvalue weighted by molar-refractivity contribution is 0.277. The number of nitrogens with zero attached hydrogens (tertiary/aromatic N) is 2. The zero-order valence-corrected chi connectivity index (χ0v) is 15.9. The quantitative estimate of drug-likeness (QED) is 0.626. The minimum Gasteiger partial charge on any atom is -0.494 e. The number of rotatable bonds is 7. The van der Waals surface area contributed by atoms with Crippen molar-refractivity contribution in [3.63, 3.8) is 0 Å². The van der Waals surface area contributed by atoms with Crippen LogP contribution in [0.2, 0.25) is 0 Å². The minimum atomic E-state index is -0.322. The van der Waals surface area contributed by atoms with E-state index in [1.165, 1.54) is 38.2 Å². The van der Waals surface area contributed by atoms with Gasteiger partial charge in [0.25, 0.3) is 0 Å². The summed E-state index contributed by atoms with van der Waals surface area (Å²) in [7, 11) is 0. The summed E-state index contributed by atoms with van der Waals surface area (Å²) in [6.07, 6.45) is 8.42. The van der Waals surface area contributed by atoms with E-state index in [4.69, 9.17) is 4.74 Å². The Labute approximate surface area is 156 Å². The molecule has 1 saturated carbocycles. The number of benzene rings is 1. The summed E-state index contributed by atoms with van der Waals surface area (Å²) >= 11 is 0. The van der Waals surface area contributed by atoms with E-state index < -0.39 is 0 Å². The van der Waals surface area contributed by atoms with Crippen LogP contribution in [-0.4, -0.2) is 16.8 Å². The normalized spacial score (nSPS) is 20.1. The molecule has 0 unspecified atom stereocenters. The largest absolute Gasteiger partial charge is 0.494 e. The maximum atomic E-state index is 14.3.